The predicted octanol–water partition coefficient (Wildman–Crippen LogP) is 3.79. The van der Waals surface area contributed by atoms with E-state index in [0.29, 0.717) is 22.2 Å². The van der Waals surface area contributed by atoms with E-state index in [9.17, 15) is 13.6 Å². The van der Waals surface area contributed by atoms with Crippen molar-refractivity contribution in [2.45, 2.75) is 12.0 Å². The molecule has 0 bridgehead atoms. The molecule has 2 aliphatic heterocycles. The Kier molecular flexibility index (Phi) is 2.99. The highest BCUT2D eigenvalue weighted by Gasteiger charge is 2.64. The van der Waals surface area contributed by atoms with Gasteiger partial charge in [0.2, 0.25) is 6.79 Å². The van der Waals surface area contributed by atoms with E-state index in [1.54, 1.807) is 18.2 Å². The maximum Gasteiger partial charge on any atom is 0.349 e. The van der Waals surface area contributed by atoms with Crippen molar-refractivity contribution in [1.29, 1.82) is 0 Å². The summed E-state index contributed by atoms with van der Waals surface area (Å²) in [7, 11) is 0. The van der Waals surface area contributed by atoms with Crippen molar-refractivity contribution >= 4 is 23.2 Å². The summed E-state index contributed by atoms with van der Waals surface area (Å²) in [4.78, 5) is 12.9. The van der Waals surface area contributed by atoms with Crippen LogP contribution in [-0.2, 0) is 4.79 Å². The topological polar surface area (TPSA) is 38.8 Å². The summed E-state index contributed by atoms with van der Waals surface area (Å²) < 4.78 is 38.7. The van der Waals surface area contributed by atoms with E-state index in [0.717, 1.165) is 4.90 Å². The van der Waals surface area contributed by atoms with Crippen molar-refractivity contribution in [2.24, 2.45) is 0 Å². The molecule has 1 fully saturated rings. The maximum atomic E-state index is 14.2. The number of β-lactam (4-membered cyclic amide) rings is 1. The number of rotatable bonds is 2. The van der Waals surface area contributed by atoms with Gasteiger partial charge < -0.3 is 9.47 Å². The number of hydrogen-bond acceptors (Lipinski definition) is 3. The van der Waals surface area contributed by atoms with Crippen LogP contribution in [0.2, 0.25) is 5.02 Å². The van der Waals surface area contributed by atoms with Gasteiger partial charge in [0.15, 0.2) is 11.5 Å². The lowest BCUT2D eigenvalue weighted by Crippen LogP contribution is -2.64. The smallest absolute Gasteiger partial charge is 0.349 e. The number of amides is 1. The van der Waals surface area contributed by atoms with Gasteiger partial charge in [-0.1, -0.05) is 17.7 Å². The number of halogens is 3. The second-order valence-electron chi connectivity index (χ2n) is 5.29. The van der Waals surface area contributed by atoms with Crippen LogP contribution >= 0.6 is 11.6 Å². The Morgan fingerprint density at radius 3 is 2.52 bits per heavy atom. The quantitative estimate of drug-likeness (QED) is 0.783. The molecular weight excluding hydrogens is 328 g/mol. The third-order valence-corrected chi connectivity index (χ3v) is 4.17. The van der Waals surface area contributed by atoms with Crippen LogP contribution in [0.3, 0.4) is 0 Å². The number of hydrogen-bond donors (Lipinski definition) is 0. The van der Waals surface area contributed by atoms with Gasteiger partial charge in [-0.2, -0.15) is 8.78 Å². The predicted molar refractivity (Wildman–Crippen MR) is 79.2 cm³/mol. The first-order chi connectivity index (χ1) is 11.0. The number of carbonyl (C=O) groups is 1. The Hall–Kier alpha value is -2.34. The SMILES string of the molecule is O=C1N(c2ccc(Cl)cc2)[C@@H](c2ccc3c(c2)OCO3)C1(F)F. The van der Waals surface area contributed by atoms with Gasteiger partial charge in [-0.15, -0.1) is 0 Å². The number of benzene rings is 2. The normalized spacial score (nSPS) is 21.3. The summed E-state index contributed by atoms with van der Waals surface area (Å²) in [5.74, 6) is -3.80. The summed E-state index contributed by atoms with van der Waals surface area (Å²) in [5.41, 5.74) is 0.654. The van der Waals surface area contributed by atoms with E-state index in [1.165, 1.54) is 24.3 Å². The first-order valence-electron chi connectivity index (χ1n) is 6.85. The molecule has 2 aromatic carbocycles. The van der Waals surface area contributed by atoms with Crippen LogP contribution < -0.4 is 14.4 Å². The molecule has 0 unspecified atom stereocenters. The first-order valence-corrected chi connectivity index (χ1v) is 7.23. The largest absolute Gasteiger partial charge is 0.454 e. The van der Waals surface area contributed by atoms with Gasteiger partial charge >= 0.3 is 11.8 Å². The molecule has 1 amide bonds. The van der Waals surface area contributed by atoms with Crippen molar-refractivity contribution in [3.05, 3.63) is 53.1 Å². The average molecular weight is 338 g/mol. The Morgan fingerprint density at radius 1 is 1.09 bits per heavy atom. The Balaban J connectivity index is 1.75. The molecule has 0 aromatic heterocycles. The Bertz CT molecular complexity index is 794. The summed E-state index contributed by atoms with van der Waals surface area (Å²) in [5, 5.41) is 0.466. The zero-order valence-corrected chi connectivity index (χ0v) is 12.4. The van der Waals surface area contributed by atoms with Crippen LogP contribution in [0.5, 0.6) is 11.5 Å². The third kappa shape index (κ3) is 2.05. The molecule has 118 valence electrons. The van der Waals surface area contributed by atoms with E-state index < -0.39 is 17.9 Å². The van der Waals surface area contributed by atoms with Crippen molar-refractivity contribution in [1.82, 2.24) is 0 Å². The molecule has 2 aromatic rings. The lowest BCUT2D eigenvalue weighted by molar-refractivity contribution is -0.162. The molecule has 7 heteroatoms. The van der Waals surface area contributed by atoms with Crippen LogP contribution in [0.15, 0.2) is 42.5 Å². The lowest BCUT2D eigenvalue weighted by atomic mass is 9.88. The Morgan fingerprint density at radius 2 is 1.78 bits per heavy atom. The van der Waals surface area contributed by atoms with Gasteiger partial charge in [0.05, 0.1) is 0 Å². The van der Waals surface area contributed by atoms with Gasteiger partial charge in [0.1, 0.15) is 6.04 Å². The van der Waals surface area contributed by atoms with Gasteiger partial charge in [-0.3, -0.25) is 9.69 Å². The number of alkyl halides is 2. The molecule has 2 aliphatic rings. The summed E-state index contributed by atoms with van der Waals surface area (Å²) in [6.07, 6.45) is 0. The number of ether oxygens (including phenoxy) is 2. The molecule has 1 atom stereocenters. The average Bonchev–Trinajstić information content (AvgIpc) is 3.00. The van der Waals surface area contributed by atoms with Crippen LogP contribution in [-0.4, -0.2) is 18.6 Å². The highest BCUT2D eigenvalue weighted by atomic mass is 35.5. The van der Waals surface area contributed by atoms with E-state index in [-0.39, 0.29) is 12.4 Å². The highest BCUT2D eigenvalue weighted by Crippen LogP contribution is 2.51. The third-order valence-electron chi connectivity index (χ3n) is 3.92. The monoisotopic (exact) mass is 337 g/mol. The minimum absolute atomic E-state index is 0.0552. The molecule has 0 aliphatic carbocycles. The summed E-state index contributed by atoms with van der Waals surface area (Å²) in [6.45, 7) is 0.0552. The molecule has 4 nitrogen and oxygen atoms in total. The van der Waals surface area contributed by atoms with Gasteiger partial charge in [-0.25, -0.2) is 0 Å². The number of anilines is 1. The van der Waals surface area contributed by atoms with Gasteiger partial charge in [-0.05, 0) is 42.0 Å². The standard InChI is InChI=1S/C16H10ClF2NO3/c17-10-2-4-11(5-3-10)20-14(16(18,19)15(20)21)9-1-6-12-13(7-9)23-8-22-12/h1-7,14H,8H2/t14-/m0/s1. The van der Waals surface area contributed by atoms with Crippen molar-refractivity contribution in [2.75, 3.05) is 11.7 Å². The second-order valence-corrected chi connectivity index (χ2v) is 5.73. The van der Waals surface area contributed by atoms with E-state index in [2.05, 4.69) is 0 Å². The molecule has 0 spiro atoms. The van der Waals surface area contributed by atoms with E-state index in [4.69, 9.17) is 21.1 Å². The van der Waals surface area contributed by atoms with Crippen molar-refractivity contribution in [3.63, 3.8) is 0 Å². The minimum Gasteiger partial charge on any atom is -0.454 e. The van der Waals surface area contributed by atoms with E-state index >= 15 is 0 Å². The maximum absolute atomic E-state index is 14.2. The van der Waals surface area contributed by atoms with Crippen molar-refractivity contribution in [3.8, 4) is 11.5 Å². The van der Waals surface area contributed by atoms with Crippen LogP contribution in [0, 0.1) is 0 Å². The zero-order chi connectivity index (χ0) is 16.2. The van der Waals surface area contributed by atoms with Gasteiger partial charge in [0.25, 0.3) is 0 Å². The first kappa shape index (κ1) is 14.3. The molecule has 0 radical (unpaired) electrons. The minimum atomic E-state index is -3.46. The fraction of sp³-hybridized carbons (Fsp3) is 0.188. The van der Waals surface area contributed by atoms with Crippen molar-refractivity contribution < 1.29 is 23.0 Å². The molecular formula is C16H10ClF2NO3. The molecule has 0 N–H and O–H groups in total. The molecule has 0 saturated carbocycles. The number of fused-ring (bicyclic) bond motifs is 1. The van der Waals surface area contributed by atoms with Crippen LogP contribution in [0.1, 0.15) is 11.6 Å². The fourth-order valence-corrected chi connectivity index (χ4v) is 2.93. The highest BCUT2D eigenvalue weighted by molar-refractivity contribution is 6.30. The molecule has 1 saturated heterocycles. The van der Waals surface area contributed by atoms with Crippen LogP contribution in [0.25, 0.3) is 0 Å². The van der Waals surface area contributed by atoms with E-state index in [1.807, 2.05) is 0 Å². The second kappa shape index (κ2) is 4.83. The van der Waals surface area contributed by atoms with Crippen LogP contribution in [0.4, 0.5) is 14.5 Å². The Labute approximate surface area is 135 Å². The summed E-state index contributed by atoms with van der Waals surface area (Å²) in [6, 6.07) is 9.36. The van der Waals surface area contributed by atoms with Gasteiger partial charge in [0, 0.05) is 10.7 Å². The molecule has 2 heterocycles. The fourth-order valence-electron chi connectivity index (χ4n) is 2.80. The number of carbonyl (C=O) groups excluding carboxylic acids is 1. The molecule has 23 heavy (non-hydrogen) atoms. The molecule has 4 rings (SSSR count). The summed E-state index contributed by atoms with van der Waals surface area (Å²) >= 11 is 5.81. The lowest BCUT2D eigenvalue weighted by Gasteiger charge is -2.46. The number of nitrogens with zero attached hydrogens (tertiary/aromatic N) is 1. The zero-order valence-electron chi connectivity index (χ0n) is 11.6.